The Hall–Kier alpha value is -2.32. The van der Waals surface area contributed by atoms with Crippen LogP contribution in [0.4, 0.5) is 14.5 Å². The number of carbonyl (C=O) groups excluding carboxylic acids is 1. The van der Waals surface area contributed by atoms with Crippen LogP contribution in [0.3, 0.4) is 0 Å². The Morgan fingerprint density at radius 2 is 2.00 bits per heavy atom. The van der Waals surface area contributed by atoms with E-state index in [1.165, 1.54) is 6.07 Å². The lowest BCUT2D eigenvalue weighted by Crippen LogP contribution is -2.63. The van der Waals surface area contributed by atoms with E-state index < -0.39 is 6.43 Å². The molecule has 6 nitrogen and oxygen atoms in total. The number of fused-ring (bicyclic) bond motifs is 1. The number of amides is 1. The number of nitrogens with two attached hydrogens (primary N) is 1. The predicted octanol–water partition coefficient (Wildman–Crippen LogP) is 2.53. The molecule has 0 bridgehead atoms. The summed E-state index contributed by atoms with van der Waals surface area (Å²) in [6.45, 7) is 7.00. The summed E-state index contributed by atoms with van der Waals surface area (Å²) < 4.78 is 26.8. The Kier molecular flexibility index (Phi) is 5.88. The first kappa shape index (κ1) is 20.9. The van der Waals surface area contributed by atoms with Crippen molar-refractivity contribution in [3.63, 3.8) is 0 Å². The van der Waals surface area contributed by atoms with Gasteiger partial charge in [0.15, 0.2) is 0 Å². The average molecular weight is 418 g/mol. The summed E-state index contributed by atoms with van der Waals surface area (Å²) in [6, 6.07) is 6.79. The van der Waals surface area contributed by atoms with Gasteiger partial charge in [0.25, 0.3) is 6.43 Å². The summed E-state index contributed by atoms with van der Waals surface area (Å²) in [5.74, 6) is 0.374. The molecule has 8 heteroatoms. The van der Waals surface area contributed by atoms with Crippen LogP contribution in [0, 0.1) is 5.92 Å². The molecular formula is C22H29F2N5O. The molecule has 1 aromatic carbocycles. The zero-order chi connectivity index (χ0) is 21.4. The molecule has 0 aliphatic carbocycles. The number of likely N-dealkylation sites (tertiary alicyclic amines) is 1. The van der Waals surface area contributed by atoms with Crippen LogP contribution in [0.5, 0.6) is 0 Å². The van der Waals surface area contributed by atoms with Crippen molar-refractivity contribution in [1.82, 2.24) is 15.2 Å². The van der Waals surface area contributed by atoms with Crippen molar-refractivity contribution in [2.75, 3.05) is 31.1 Å². The normalized spacial score (nSPS) is 24.1. The number of anilines is 1. The third kappa shape index (κ3) is 4.11. The molecule has 30 heavy (non-hydrogen) atoms. The number of alkyl halides is 2. The summed E-state index contributed by atoms with van der Waals surface area (Å²) in [6.07, 6.45) is -0.136. The lowest BCUT2D eigenvalue weighted by Gasteiger charge is -2.42. The molecule has 2 aliphatic rings. The fraction of sp³-hybridized carbons (Fsp3) is 0.545. The first-order chi connectivity index (χ1) is 14.3. The van der Waals surface area contributed by atoms with Gasteiger partial charge in [0.05, 0.1) is 11.6 Å². The van der Waals surface area contributed by atoms with E-state index in [0.717, 1.165) is 37.1 Å². The Morgan fingerprint density at radius 3 is 2.70 bits per heavy atom. The highest BCUT2D eigenvalue weighted by molar-refractivity contribution is 5.94. The largest absolute Gasteiger partial charge is 0.369 e. The number of pyridine rings is 1. The summed E-state index contributed by atoms with van der Waals surface area (Å²) in [4.78, 5) is 21.2. The molecule has 4 rings (SSSR count). The number of nitrogens with one attached hydrogen (secondary N) is 1. The highest BCUT2D eigenvalue weighted by Gasteiger charge is 2.33. The number of carbonyl (C=O) groups is 1. The minimum absolute atomic E-state index is 0.000136. The van der Waals surface area contributed by atoms with Crippen molar-refractivity contribution in [2.24, 2.45) is 11.7 Å². The molecule has 162 valence electrons. The highest BCUT2D eigenvalue weighted by atomic mass is 19.3. The van der Waals surface area contributed by atoms with E-state index in [1.54, 1.807) is 18.3 Å². The van der Waals surface area contributed by atoms with Crippen LogP contribution in [0.25, 0.3) is 10.9 Å². The number of nitrogens with zero attached hydrogens (tertiary/aromatic N) is 3. The fourth-order valence-electron chi connectivity index (χ4n) is 4.64. The Balaban J connectivity index is 1.53. The third-order valence-electron chi connectivity index (χ3n) is 6.22. The van der Waals surface area contributed by atoms with E-state index in [1.807, 2.05) is 13.0 Å². The lowest BCUT2D eigenvalue weighted by atomic mass is 9.94. The molecule has 3 atom stereocenters. The lowest BCUT2D eigenvalue weighted by molar-refractivity contribution is -0.128. The van der Waals surface area contributed by atoms with E-state index in [9.17, 15) is 13.6 Å². The SMILES string of the molecule is CC(C(=O)N[C@@H]1C[C@H](C)CN(c2ccc(C(F)F)c3ncccc23)C1)N1CC(N)C1. The maximum atomic E-state index is 13.4. The number of hydrogen-bond donors (Lipinski definition) is 2. The molecule has 0 radical (unpaired) electrons. The van der Waals surface area contributed by atoms with Gasteiger partial charge in [0.1, 0.15) is 0 Å². The minimum atomic E-state index is -2.57. The van der Waals surface area contributed by atoms with Gasteiger partial charge in [0, 0.05) is 61.1 Å². The van der Waals surface area contributed by atoms with Gasteiger partial charge in [-0.15, -0.1) is 0 Å². The van der Waals surface area contributed by atoms with Crippen LogP contribution >= 0.6 is 0 Å². The van der Waals surface area contributed by atoms with Crippen LogP contribution in [0.15, 0.2) is 30.5 Å². The van der Waals surface area contributed by atoms with Crippen molar-refractivity contribution in [1.29, 1.82) is 0 Å². The molecule has 0 spiro atoms. The third-order valence-corrected chi connectivity index (χ3v) is 6.22. The van der Waals surface area contributed by atoms with E-state index >= 15 is 0 Å². The topological polar surface area (TPSA) is 74.5 Å². The second-order valence-electron chi connectivity index (χ2n) is 8.72. The Morgan fingerprint density at radius 1 is 1.23 bits per heavy atom. The molecule has 2 fully saturated rings. The summed E-state index contributed by atoms with van der Waals surface area (Å²) in [7, 11) is 0. The minimum Gasteiger partial charge on any atom is -0.369 e. The molecule has 0 saturated carbocycles. The number of rotatable bonds is 5. The van der Waals surface area contributed by atoms with Crippen LogP contribution in [-0.2, 0) is 4.79 Å². The number of benzene rings is 1. The maximum Gasteiger partial charge on any atom is 0.265 e. The monoisotopic (exact) mass is 417 g/mol. The first-order valence-corrected chi connectivity index (χ1v) is 10.5. The van der Waals surface area contributed by atoms with Gasteiger partial charge in [-0.05, 0) is 43.5 Å². The second kappa shape index (κ2) is 8.43. The number of piperidine rings is 1. The highest BCUT2D eigenvalue weighted by Crippen LogP contribution is 2.34. The van der Waals surface area contributed by atoms with Crippen LogP contribution in [0.2, 0.25) is 0 Å². The second-order valence-corrected chi connectivity index (χ2v) is 8.72. The summed E-state index contributed by atoms with van der Waals surface area (Å²) in [5, 5.41) is 3.91. The smallest absolute Gasteiger partial charge is 0.265 e. The predicted molar refractivity (Wildman–Crippen MR) is 114 cm³/mol. The fourth-order valence-corrected chi connectivity index (χ4v) is 4.64. The Labute approximate surface area is 175 Å². The van der Waals surface area contributed by atoms with Gasteiger partial charge >= 0.3 is 0 Å². The molecule has 3 heterocycles. The quantitative estimate of drug-likeness (QED) is 0.782. The maximum absolute atomic E-state index is 13.4. The number of halogens is 2. The van der Waals surface area contributed by atoms with Gasteiger partial charge in [-0.25, -0.2) is 8.78 Å². The molecule has 2 aliphatic heterocycles. The van der Waals surface area contributed by atoms with Gasteiger partial charge in [-0.3, -0.25) is 14.7 Å². The van der Waals surface area contributed by atoms with Crippen molar-refractivity contribution in [3.8, 4) is 0 Å². The molecule has 1 aromatic heterocycles. The zero-order valence-electron chi connectivity index (χ0n) is 17.4. The van der Waals surface area contributed by atoms with E-state index in [-0.39, 0.29) is 29.6 Å². The van der Waals surface area contributed by atoms with Gasteiger partial charge in [-0.2, -0.15) is 0 Å². The van der Waals surface area contributed by atoms with Crippen LogP contribution < -0.4 is 16.0 Å². The van der Waals surface area contributed by atoms with Crippen LogP contribution in [-0.4, -0.2) is 60.1 Å². The van der Waals surface area contributed by atoms with E-state index in [4.69, 9.17) is 5.73 Å². The van der Waals surface area contributed by atoms with Gasteiger partial charge in [-0.1, -0.05) is 6.92 Å². The molecular weight excluding hydrogens is 388 g/mol. The molecule has 1 unspecified atom stereocenters. The average Bonchev–Trinajstić information content (AvgIpc) is 2.69. The van der Waals surface area contributed by atoms with Crippen molar-refractivity contribution >= 4 is 22.5 Å². The van der Waals surface area contributed by atoms with Gasteiger partial charge < -0.3 is 16.0 Å². The first-order valence-electron chi connectivity index (χ1n) is 10.5. The summed E-state index contributed by atoms with van der Waals surface area (Å²) >= 11 is 0. The van der Waals surface area contributed by atoms with Crippen molar-refractivity contribution in [3.05, 3.63) is 36.0 Å². The molecule has 2 aromatic rings. The van der Waals surface area contributed by atoms with Crippen molar-refractivity contribution in [2.45, 2.75) is 44.8 Å². The van der Waals surface area contributed by atoms with E-state index in [2.05, 4.69) is 27.0 Å². The molecule has 3 N–H and O–H groups in total. The van der Waals surface area contributed by atoms with Crippen molar-refractivity contribution < 1.29 is 13.6 Å². The molecule has 2 saturated heterocycles. The number of hydrogen-bond acceptors (Lipinski definition) is 5. The zero-order valence-corrected chi connectivity index (χ0v) is 17.4. The van der Waals surface area contributed by atoms with E-state index in [0.29, 0.717) is 18.0 Å². The van der Waals surface area contributed by atoms with Crippen LogP contribution in [0.1, 0.15) is 32.3 Å². The standard InChI is InChI=1S/C22H29F2N5O/c1-13-8-16(27-22(30)14(2)28-10-15(25)11-28)12-29(9-13)19-6-5-18(21(23)24)20-17(19)4-3-7-26-20/h3-7,13-16,21H,8-12,25H2,1-2H3,(H,27,30)/t13-,14?,16+/m0/s1. The Bertz CT molecular complexity index is 918. The number of aromatic nitrogens is 1. The summed E-state index contributed by atoms with van der Waals surface area (Å²) in [5.41, 5.74) is 7.01. The van der Waals surface area contributed by atoms with Gasteiger partial charge in [0.2, 0.25) is 5.91 Å². The molecule has 1 amide bonds.